The van der Waals surface area contributed by atoms with Crippen molar-refractivity contribution in [2.45, 2.75) is 26.4 Å². The number of nitriles is 1. The molecule has 2 bridgehead atoms. The highest BCUT2D eigenvalue weighted by Crippen LogP contribution is 2.32. The second-order valence-electron chi connectivity index (χ2n) is 7.31. The van der Waals surface area contributed by atoms with Gasteiger partial charge in [0.1, 0.15) is 18.0 Å². The van der Waals surface area contributed by atoms with Gasteiger partial charge in [-0.25, -0.2) is 14.1 Å². The molecule has 3 aromatic rings. The number of pyridine rings is 1. The molecule has 0 amide bonds. The molecule has 1 aromatic carbocycles. The summed E-state index contributed by atoms with van der Waals surface area (Å²) in [4.78, 5) is 8.90. The summed E-state index contributed by atoms with van der Waals surface area (Å²) in [7, 11) is 0. The first kappa shape index (κ1) is 21.1. The number of nitrogens with zero attached hydrogens (tertiary/aromatic N) is 5. The zero-order chi connectivity index (χ0) is 22.8. The van der Waals surface area contributed by atoms with E-state index in [2.05, 4.69) is 21.1 Å². The number of benzene rings is 1. The van der Waals surface area contributed by atoms with Gasteiger partial charge in [0.05, 0.1) is 17.1 Å². The molecule has 162 valence electrons. The summed E-state index contributed by atoms with van der Waals surface area (Å²) in [5.74, 6) is 0.140. The average molecular weight is 431 g/mol. The number of hydrogen-bond acceptors (Lipinski definition) is 7. The molecule has 1 aliphatic heterocycles. The number of aliphatic imine (C=N–C) groups is 1. The summed E-state index contributed by atoms with van der Waals surface area (Å²) in [6.45, 7) is 4.23. The van der Waals surface area contributed by atoms with Gasteiger partial charge in [-0.2, -0.15) is 10.4 Å². The number of nitrogen functional groups attached to an aromatic ring is 1. The van der Waals surface area contributed by atoms with E-state index in [4.69, 9.17) is 16.2 Å². The number of fused-ring (bicyclic) bond motifs is 5. The van der Waals surface area contributed by atoms with Crippen molar-refractivity contribution in [3.8, 4) is 17.5 Å². The zero-order valence-electron chi connectivity index (χ0n) is 17.7. The molecule has 3 heterocycles. The highest BCUT2D eigenvalue weighted by molar-refractivity contribution is 6.13. The Balaban J connectivity index is 2.02. The largest absolute Gasteiger partial charge is 0.482 e. The maximum Gasteiger partial charge on any atom is 0.166 e. The van der Waals surface area contributed by atoms with Crippen LogP contribution in [0.4, 0.5) is 10.2 Å². The van der Waals surface area contributed by atoms with Crippen molar-refractivity contribution in [3.63, 3.8) is 0 Å². The molecule has 0 unspecified atom stereocenters. The van der Waals surface area contributed by atoms with Gasteiger partial charge in [0, 0.05) is 30.3 Å². The number of allylic oxidation sites excluding steroid dienone is 1. The maximum absolute atomic E-state index is 14.2. The number of halogens is 1. The predicted molar refractivity (Wildman–Crippen MR) is 119 cm³/mol. The van der Waals surface area contributed by atoms with Gasteiger partial charge in [-0.3, -0.25) is 4.99 Å². The van der Waals surface area contributed by atoms with Gasteiger partial charge in [-0.1, -0.05) is 0 Å². The first-order valence-corrected chi connectivity index (χ1v) is 10.1. The molecule has 2 aromatic heterocycles. The van der Waals surface area contributed by atoms with Crippen molar-refractivity contribution in [1.29, 1.82) is 5.26 Å². The van der Waals surface area contributed by atoms with E-state index in [9.17, 15) is 9.65 Å². The van der Waals surface area contributed by atoms with Crippen molar-refractivity contribution in [2.75, 3.05) is 12.3 Å². The first-order chi connectivity index (χ1) is 15.4. The zero-order valence-corrected chi connectivity index (χ0v) is 17.7. The third-order valence-corrected chi connectivity index (χ3v) is 5.21. The van der Waals surface area contributed by atoms with Crippen LogP contribution in [0.25, 0.3) is 5.69 Å². The molecule has 0 saturated carbocycles. The van der Waals surface area contributed by atoms with Crippen LogP contribution in [0, 0.1) is 17.1 Å². The van der Waals surface area contributed by atoms with Gasteiger partial charge in [0.15, 0.2) is 17.3 Å². The summed E-state index contributed by atoms with van der Waals surface area (Å²) < 4.78 is 21.9. The van der Waals surface area contributed by atoms with E-state index in [0.29, 0.717) is 52.5 Å². The topological polar surface area (TPSA) is 128 Å². The van der Waals surface area contributed by atoms with Gasteiger partial charge in [0.25, 0.3) is 0 Å². The van der Waals surface area contributed by atoms with Crippen LogP contribution >= 0.6 is 0 Å². The van der Waals surface area contributed by atoms with E-state index in [0.717, 1.165) is 0 Å². The minimum atomic E-state index is -0.585. The van der Waals surface area contributed by atoms with Gasteiger partial charge in [0.2, 0.25) is 0 Å². The number of aromatic nitrogens is 3. The number of rotatable bonds is 1. The molecule has 4 N–H and O–H groups in total. The molecule has 0 spiro atoms. The van der Waals surface area contributed by atoms with Crippen LogP contribution in [-0.4, -0.2) is 27.0 Å². The van der Waals surface area contributed by atoms with E-state index in [1.54, 1.807) is 36.0 Å². The molecule has 0 saturated heterocycles. The average Bonchev–Trinajstić information content (AvgIpc) is 3.19. The van der Waals surface area contributed by atoms with Crippen LogP contribution in [-0.2, 0) is 6.42 Å². The quantitative estimate of drug-likeness (QED) is 0.609. The van der Waals surface area contributed by atoms with Crippen LogP contribution in [0.2, 0.25) is 0 Å². The Morgan fingerprint density at radius 2 is 2.19 bits per heavy atom. The maximum atomic E-state index is 14.2. The summed E-state index contributed by atoms with van der Waals surface area (Å²) in [5.41, 5.74) is 16.2. The number of anilines is 1. The number of hydrogen-bond donors (Lipinski definition) is 2. The van der Waals surface area contributed by atoms with Crippen LogP contribution in [0.3, 0.4) is 0 Å². The van der Waals surface area contributed by atoms with E-state index < -0.39 is 11.9 Å². The number of ether oxygens (including phenoxy) is 1. The van der Waals surface area contributed by atoms with Crippen LogP contribution in [0.1, 0.15) is 42.5 Å². The van der Waals surface area contributed by atoms with Crippen molar-refractivity contribution in [3.05, 3.63) is 76.6 Å². The molecule has 4 rings (SSSR count). The van der Waals surface area contributed by atoms with E-state index in [1.165, 1.54) is 18.3 Å². The smallest absolute Gasteiger partial charge is 0.166 e. The van der Waals surface area contributed by atoms with Crippen molar-refractivity contribution in [2.24, 2.45) is 10.7 Å². The van der Waals surface area contributed by atoms with Crippen molar-refractivity contribution >= 4 is 11.5 Å². The summed E-state index contributed by atoms with van der Waals surface area (Å²) in [6, 6.07) is 9.86. The second kappa shape index (κ2) is 8.51. The predicted octanol–water partition coefficient (Wildman–Crippen LogP) is 3.21. The highest BCUT2D eigenvalue weighted by Gasteiger charge is 2.23. The molecule has 0 fully saturated rings. The van der Waals surface area contributed by atoms with E-state index in [-0.39, 0.29) is 11.5 Å². The van der Waals surface area contributed by atoms with Gasteiger partial charge >= 0.3 is 0 Å². The molecule has 0 radical (unpaired) electrons. The third kappa shape index (κ3) is 3.78. The Kier molecular flexibility index (Phi) is 5.60. The van der Waals surface area contributed by atoms with Gasteiger partial charge < -0.3 is 16.2 Å². The fourth-order valence-electron chi connectivity index (χ4n) is 3.74. The first-order valence-electron chi connectivity index (χ1n) is 10.1. The monoisotopic (exact) mass is 431 g/mol. The Hall–Kier alpha value is -4.19. The second-order valence-corrected chi connectivity index (χ2v) is 7.31. The molecule has 1 aliphatic rings. The van der Waals surface area contributed by atoms with Crippen LogP contribution in [0.5, 0.6) is 5.75 Å². The molecule has 9 heteroatoms. The molecule has 0 aliphatic carbocycles. The van der Waals surface area contributed by atoms with Crippen LogP contribution in [0.15, 0.2) is 53.3 Å². The fraction of sp³-hybridized carbons (Fsp3) is 0.217. The molecular formula is C23H22FN7O. The molecular weight excluding hydrogens is 409 g/mol. The fourth-order valence-corrected chi connectivity index (χ4v) is 3.74. The lowest BCUT2D eigenvalue weighted by atomic mass is 9.99. The summed E-state index contributed by atoms with van der Waals surface area (Å²) in [6.07, 6.45) is 2.85. The Morgan fingerprint density at radius 3 is 2.91 bits per heavy atom. The van der Waals surface area contributed by atoms with Crippen LogP contribution < -0.4 is 16.2 Å². The standard InChI is InChI=1S/C23H22FN7O/c1-3-28-22-14(10-25)6-18-9-17(11-26)30-31(18)20-5-4-16(24)8-19(20)13(2)32-21-7-15(22)12-29-23(21)27/h4-5,7-10,12-13H,3,6,25H2,1-2H3,(H2,27,29)/t13-/m1/s1. The third-order valence-electron chi connectivity index (χ3n) is 5.21. The minimum Gasteiger partial charge on any atom is -0.482 e. The SMILES string of the molecule is CCN=C1C(=CN)Cc2cc(C#N)nn2-c2ccc(F)cc2[C@@H](C)Oc2cc1cnc2N. The normalized spacial score (nSPS) is 18.1. The minimum absolute atomic E-state index is 0.205. The summed E-state index contributed by atoms with van der Waals surface area (Å²) >= 11 is 0. The van der Waals surface area contributed by atoms with E-state index in [1.807, 2.05) is 6.92 Å². The van der Waals surface area contributed by atoms with Crippen molar-refractivity contribution < 1.29 is 9.13 Å². The Morgan fingerprint density at radius 1 is 1.38 bits per heavy atom. The Bertz CT molecular complexity index is 1290. The van der Waals surface area contributed by atoms with Gasteiger partial charge in [-0.05, 0) is 56.0 Å². The van der Waals surface area contributed by atoms with Gasteiger partial charge in [-0.15, -0.1) is 0 Å². The van der Waals surface area contributed by atoms with Crippen molar-refractivity contribution in [1.82, 2.24) is 14.8 Å². The lowest BCUT2D eigenvalue weighted by Gasteiger charge is -2.22. The lowest BCUT2D eigenvalue weighted by Crippen LogP contribution is -2.17. The highest BCUT2D eigenvalue weighted by atomic mass is 19.1. The molecule has 8 nitrogen and oxygen atoms in total. The molecule has 1 atom stereocenters. The summed E-state index contributed by atoms with van der Waals surface area (Å²) in [5, 5.41) is 13.9. The number of nitrogens with two attached hydrogens (primary N) is 2. The van der Waals surface area contributed by atoms with E-state index >= 15 is 0 Å². The molecule has 32 heavy (non-hydrogen) atoms. The Labute approximate surface area is 184 Å². The lowest BCUT2D eigenvalue weighted by molar-refractivity contribution is 0.226.